The van der Waals surface area contributed by atoms with Gasteiger partial charge in [0.25, 0.3) is 0 Å². The van der Waals surface area contributed by atoms with Gasteiger partial charge in [-0.15, -0.1) is 0 Å². The first-order valence-electron chi connectivity index (χ1n) is 5.79. The summed E-state index contributed by atoms with van der Waals surface area (Å²) in [5.74, 6) is -0.449. The van der Waals surface area contributed by atoms with Crippen molar-refractivity contribution in [2.45, 2.75) is 19.1 Å². The Labute approximate surface area is 115 Å². The van der Waals surface area contributed by atoms with Crippen molar-refractivity contribution in [3.8, 4) is 0 Å². The molecule has 6 heteroatoms. The van der Waals surface area contributed by atoms with E-state index < -0.39 is 12.0 Å². The Morgan fingerprint density at radius 2 is 2.37 bits per heavy atom. The van der Waals surface area contributed by atoms with Crippen LogP contribution in [0.15, 0.2) is 36.8 Å². The van der Waals surface area contributed by atoms with E-state index in [1.165, 1.54) is 0 Å². The molecule has 0 saturated heterocycles. The van der Waals surface area contributed by atoms with Gasteiger partial charge in [-0.25, -0.2) is 4.98 Å². The van der Waals surface area contributed by atoms with Crippen LogP contribution in [0.3, 0.4) is 0 Å². The van der Waals surface area contributed by atoms with Crippen molar-refractivity contribution in [3.63, 3.8) is 0 Å². The topological polar surface area (TPSA) is 81.0 Å². The molecule has 19 heavy (non-hydrogen) atoms. The Bertz CT molecular complexity index is 543. The van der Waals surface area contributed by atoms with Gasteiger partial charge in [-0.1, -0.05) is 23.7 Å². The van der Waals surface area contributed by atoms with Crippen LogP contribution in [0, 0.1) is 0 Å². The number of ether oxygens (including phenoxy) is 1. The maximum atomic E-state index is 11.7. The van der Waals surface area contributed by atoms with Crippen LogP contribution in [0.1, 0.15) is 11.3 Å². The van der Waals surface area contributed by atoms with Crippen molar-refractivity contribution in [1.29, 1.82) is 0 Å². The molecule has 0 bridgehead atoms. The fourth-order valence-electron chi connectivity index (χ4n) is 1.60. The van der Waals surface area contributed by atoms with Crippen molar-refractivity contribution in [2.75, 3.05) is 0 Å². The third-order valence-corrected chi connectivity index (χ3v) is 2.80. The number of carbonyl (C=O) groups excluding carboxylic acids is 1. The van der Waals surface area contributed by atoms with Crippen LogP contribution in [-0.2, 0) is 22.6 Å². The number of nitrogens with zero attached hydrogens (tertiary/aromatic N) is 1. The van der Waals surface area contributed by atoms with E-state index >= 15 is 0 Å². The van der Waals surface area contributed by atoms with Crippen molar-refractivity contribution in [1.82, 2.24) is 9.97 Å². The van der Waals surface area contributed by atoms with Gasteiger partial charge in [0.2, 0.25) is 0 Å². The van der Waals surface area contributed by atoms with E-state index in [9.17, 15) is 4.79 Å². The molecule has 0 amide bonds. The smallest absolute Gasteiger partial charge is 0.323 e. The zero-order chi connectivity index (χ0) is 13.7. The number of hydrogen-bond acceptors (Lipinski definition) is 4. The first-order valence-corrected chi connectivity index (χ1v) is 6.17. The molecule has 1 aromatic heterocycles. The Morgan fingerprint density at radius 3 is 3.05 bits per heavy atom. The number of nitrogens with two attached hydrogens (primary N) is 1. The highest BCUT2D eigenvalue weighted by molar-refractivity contribution is 6.30. The van der Waals surface area contributed by atoms with Gasteiger partial charge in [-0.05, 0) is 17.7 Å². The largest absolute Gasteiger partial charge is 0.460 e. The van der Waals surface area contributed by atoms with Crippen LogP contribution in [0.2, 0.25) is 5.02 Å². The summed E-state index contributed by atoms with van der Waals surface area (Å²) in [6.45, 7) is 0.163. The number of hydrogen-bond donors (Lipinski definition) is 2. The molecule has 1 heterocycles. The molecule has 0 spiro atoms. The van der Waals surface area contributed by atoms with Gasteiger partial charge in [0.1, 0.15) is 12.6 Å². The van der Waals surface area contributed by atoms with Gasteiger partial charge in [0.05, 0.1) is 6.33 Å². The molecule has 0 saturated carbocycles. The number of rotatable bonds is 5. The molecule has 100 valence electrons. The second kappa shape index (κ2) is 6.36. The number of halogens is 1. The lowest BCUT2D eigenvalue weighted by Gasteiger charge is -2.10. The third-order valence-electron chi connectivity index (χ3n) is 2.57. The van der Waals surface area contributed by atoms with Crippen LogP contribution in [0.5, 0.6) is 0 Å². The quantitative estimate of drug-likeness (QED) is 0.816. The predicted molar refractivity (Wildman–Crippen MR) is 71.5 cm³/mol. The number of nitrogens with one attached hydrogen (secondary N) is 1. The molecule has 0 aliphatic heterocycles. The molecular formula is C13H14ClN3O2. The molecular weight excluding hydrogens is 266 g/mol. The fraction of sp³-hybridized carbons (Fsp3) is 0.231. The number of benzene rings is 1. The Balaban J connectivity index is 1.84. The van der Waals surface area contributed by atoms with Crippen molar-refractivity contribution >= 4 is 17.6 Å². The van der Waals surface area contributed by atoms with Crippen LogP contribution < -0.4 is 5.73 Å². The van der Waals surface area contributed by atoms with Gasteiger partial charge >= 0.3 is 5.97 Å². The highest BCUT2D eigenvalue weighted by atomic mass is 35.5. The van der Waals surface area contributed by atoms with Crippen molar-refractivity contribution in [2.24, 2.45) is 5.73 Å². The Morgan fingerprint density at radius 1 is 1.53 bits per heavy atom. The molecule has 3 N–H and O–H groups in total. The maximum absolute atomic E-state index is 11.7. The first-order chi connectivity index (χ1) is 9.15. The average molecular weight is 280 g/mol. The highest BCUT2D eigenvalue weighted by Gasteiger charge is 2.16. The molecule has 2 rings (SSSR count). The summed E-state index contributed by atoms with van der Waals surface area (Å²) in [5.41, 5.74) is 7.38. The molecule has 5 nitrogen and oxygen atoms in total. The summed E-state index contributed by atoms with van der Waals surface area (Å²) in [5, 5.41) is 0.607. The second-order valence-corrected chi connectivity index (χ2v) is 4.56. The lowest BCUT2D eigenvalue weighted by atomic mass is 10.2. The number of imidazole rings is 1. The third kappa shape index (κ3) is 4.08. The standard InChI is InChI=1S/C13H14ClN3O2/c14-10-3-1-2-9(4-10)7-19-13(18)12(15)5-11-6-16-8-17-11/h1-4,6,8,12H,5,7,15H2,(H,16,17)/t12-/m0/s1. The van der Waals surface area contributed by atoms with E-state index in [4.69, 9.17) is 22.1 Å². The Kier molecular flexibility index (Phi) is 4.54. The normalized spacial score (nSPS) is 12.1. The zero-order valence-electron chi connectivity index (χ0n) is 10.2. The molecule has 0 aliphatic rings. The van der Waals surface area contributed by atoms with Gasteiger partial charge in [0, 0.05) is 23.3 Å². The Hall–Kier alpha value is -1.85. The summed E-state index contributed by atoms with van der Waals surface area (Å²) in [7, 11) is 0. The van der Waals surface area contributed by atoms with E-state index in [0.29, 0.717) is 11.4 Å². The van der Waals surface area contributed by atoms with Crippen molar-refractivity contribution in [3.05, 3.63) is 53.1 Å². The van der Waals surface area contributed by atoms with Crippen LogP contribution >= 0.6 is 11.6 Å². The molecule has 0 fully saturated rings. The van der Waals surface area contributed by atoms with E-state index in [2.05, 4.69) is 9.97 Å². The van der Waals surface area contributed by atoms with Crippen LogP contribution in [0.25, 0.3) is 0 Å². The minimum Gasteiger partial charge on any atom is -0.460 e. The summed E-state index contributed by atoms with van der Waals surface area (Å²) < 4.78 is 5.14. The summed E-state index contributed by atoms with van der Waals surface area (Å²) >= 11 is 5.84. The summed E-state index contributed by atoms with van der Waals surface area (Å²) in [6, 6.07) is 6.43. The van der Waals surface area contributed by atoms with Crippen LogP contribution in [-0.4, -0.2) is 22.0 Å². The molecule has 2 aromatic rings. The van der Waals surface area contributed by atoms with E-state index in [1.54, 1.807) is 30.7 Å². The number of aromatic nitrogens is 2. The highest BCUT2D eigenvalue weighted by Crippen LogP contribution is 2.11. The van der Waals surface area contributed by atoms with E-state index in [1.807, 2.05) is 6.07 Å². The first kappa shape index (κ1) is 13.6. The van der Waals surface area contributed by atoms with E-state index in [-0.39, 0.29) is 6.61 Å². The zero-order valence-corrected chi connectivity index (χ0v) is 10.9. The maximum Gasteiger partial charge on any atom is 0.323 e. The number of aromatic amines is 1. The van der Waals surface area contributed by atoms with Crippen LogP contribution in [0.4, 0.5) is 0 Å². The fourth-order valence-corrected chi connectivity index (χ4v) is 1.82. The summed E-state index contributed by atoms with van der Waals surface area (Å²) in [4.78, 5) is 18.5. The lowest BCUT2D eigenvalue weighted by Crippen LogP contribution is -2.34. The van der Waals surface area contributed by atoms with Gasteiger partial charge in [-0.3, -0.25) is 4.79 Å². The lowest BCUT2D eigenvalue weighted by molar-refractivity contribution is -0.146. The molecule has 0 radical (unpaired) electrons. The molecule has 1 atom stereocenters. The van der Waals surface area contributed by atoms with Gasteiger partial charge in [0.15, 0.2) is 0 Å². The minimum atomic E-state index is -0.709. The average Bonchev–Trinajstić information content (AvgIpc) is 2.89. The SMILES string of the molecule is N[C@@H](Cc1cnc[nH]1)C(=O)OCc1cccc(Cl)c1. The molecule has 1 aromatic carbocycles. The number of esters is 1. The monoisotopic (exact) mass is 279 g/mol. The molecule has 0 unspecified atom stereocenters. The number of carbonyl (C=O) groups is 1. The predicted octanol–water partition coefficient (Wildman–Crippen LogP) is 1.68. The minimum absolute atomic E-state index is 0.163. The summed E-state index contributed by atoms with van der Waals surface area (Å²) in [6.07, 6.45) is 3.54. The number of H-pyrrole nitrogens is 1. The van der Waals surface area contributed by atoms with Gasteiger partial charge < -0.3 is 15.5 Å². The molecule has 0 aliphatic carbocycles. The van der Waals surface area contributed by atoms with E-state index in [0.717, 1.165) is 11.3 Å². The van der Waals surface area contributed by atoms with Gasteiger partial charge in [-0.2, -0.15) is 0 Å². The van der Waals surface area contributed by atoms with Crippen molar-refractivity contribution < 1.29 is 9.53 Å². The second-order valence-electron chi connectivity index (χ2n) is 4.13.